The van der Waals surface area contributed by atoms with Crippen LogP contribution in [0.1, 0.15) is 19.6 Å². The van der Waals surface area contributed by atoms with Gasteiger partial charge in [-0.05, 0) is 18.6 Å². The van der Waals surface area contributed by atoms with Gasteiger partial charge in [0.15, 0.2) is 24.0 Å². The number of benzene rings is 1. The standard InChI is InChI=1S/C20H23N5O6/c1-3-12-15(27)16(29-2)19(31-12)25-10-21-14-17(25)23-20(24-18(14)28)22-13(26)9-30-11-7-5-4-6-8-11/h4-8,10,12,15-16,19,27H,3,9H2,1-2H3,(H2,22,23,24,26,28)/t12-,15+,16?,19-/m1/s1. The first-order valence-corrected chi connectivity index (χ1v) is 9.82. The molecule has 0 bridgehead atoms. The second kappa shape index (κ2) is 8.84. The zero-order valence-corrected chi connectivity index (χ0v) is 17.0. The number of carbonyl (C=O) groups excluding carboxylic acids is 1. The first-order chi connectivity index (χ1) is 15.0. The van der Waals surface area contributed by atoms with Crippen molar-refractivity contribution >= 4 is 23.0 Å². The molecule has 1 fully saturated rings. The van der Waals surface area contributed by atoms with E-state index in [9.17, 15) is 14.7 Å². The van der Waals surface area contributed by atoms with Gasteiger partial charge in [-0.25, -0.2) is 4.98 Å². The van der Waals surface area contributed by atoms with E-state index in [0.717, 1.165) is 0 Å². The largest absolute Gasteiger partial charge is 0.484 e. The number of hydrogen-bond donors (Lipinski definition) is 3. The summed E-state index contributed by atoms with van der Waals surface area (Å²) in [4.78, 5) is 35.6. The molecule has 4 rings (SSSR count). The molecule has 3 aromatic rings. The molecule has 11 heteroatoms. The van der Waals surface area contributed by atoms with Crippen molar-refractivity contribution in [3.8, 4) is 5.75 Å². The maximum atomic E-state index is 12.4. The molecule has 1 unspecified atom stereocenters. The van der Waals surface area contributed by atoms with E-state index < -0.39 is 36.0 Å². The van der Waals surface area contributed by atoms with Gasteiger partial charge in [-0.1, -0.05) is 25.1 Å². The highest BCUT2D eigenvalue weighted by atomic mass is 16.6. The number of aliphatic hydroxyl groups is 1. The molecular formula is C20H23N5O6. The zero-order chi connectivity index (χ0) is 22.0. The van der Waals surface area contributed by atoms with Crippen LogP contribution in [0.4, 0.5) is 5.95 Å². The molecule has 3 heterocycles. The summed E-state index contributed by atoms with van der Waals surface area (Å²) in [5.74, 6) is -0.00751. The minimum absolute atomic E-state index is 0.0551. The van der Waals surface area contributed by atoms with Crippen molar-refractivity contribution in [1.29, 1.82) is 0 Å². The third kappa shape index (κ3) is 4.15. The number of aromatic nitrogens is 4. The summed E-state index contributed by atoms with van der Waals surface area (Å²) < 4.78 is 18.3. The Morgan fingerprint density at radius 3 is 2.84 bits per heavy atom. The SMILES string of the molecule is CC[C@H]1O[C@@H](n2cnc3c(=O)[nH]c(NC(=O)COc4ccccc4)nc32)C(OC)[C@H]1O. The Kier molecular flexibility index (Phi) is 5.98. The Labute approximate surface area is 177 Å². The zero-order valence-electron chi connectivity index (χ0n) is 17.0. The molecule has 0 saturated carbocycles. The van der Waals surface area contributed by atoms with Crippen molar-refractivity contribution in [2.75, 3.05) is 19.0 Å². The van der Waals surface area contributed by atoms with Crippen LogP contribution in [0.25, 0.3) is 11.2 Å². The monoisotopic (exact) mass is 429 g/mol. The summed E-state index contributed by atoms with van der Waals surface area (Å²) in [6.45, 7) is 1.63. The number of amides is 1. The van der Waals surface area contributed by atoms with E-state index in [1.165, 1.54) is 18.0 Å². The van der Waals surface area contributed by atoms with E-state index in [1.807, 2.05) is 13.0 Å². The molecule has 11 nitrogen and oxygen atoms in total. The van der Waals surface area contributed by atoms with Gasteiger partial charge in [0, 0.05) is 7.11 Å². The number of anilines is 1. The van der Waals surface area contributed by atoms with E-state index in [-0.39, 0.29) is 23.7 Å². The molecule has 0 spiro atoms. The number of aromatic amines is 1. The number of aliphatic hydroxyl groups excluding tert-OH is 1. The highest BCUT2D eigenvalue weighted by Crippen LogP contribution is 2.34. The van der Waals surface area contributed by atoms with Crippen molar-refractivity contribution in [3.05, 3.63) is 47.0 Å². The van der Waals surface area contributed by atoms with Crippen molar-refractivity contribution in [2.24, 2.45) is 0 Å². The van der Waals surface area contributed by atoms with Crippen LogP contribution >= 0.6 is 0 Å². The van der Waals surface area contributed by atoms with Gasteiger partial charge >= 0.3 is 0 Å². The van der Waals surface area contributed by atoms with E-state index in [4.69, 9.17) is 14.2 Å². The fraction of sp³-hybridized carbons (Fsp3) is 0.400. The molecule has 1 aliphatic heterocycles. The van der Waals surface area contributed by atoms with Gasteiger partial charge in [-0.15, -0.1) is 0 Å². The van der Waals surface area contributed by atoms with Crippen LogP contribution in [0, 0.1) is 0 Å². The lowest BCUT2D eigenvalue weighted by Gasteiger charge is -2.20. The predicted octanol–water partition coefficient (Wildman–Crippen LogP) is 0.820. The highest BCUT2D eigenvalue weighted by Gasteiger charge is 2.44. The Morgan fingerprint density at radius 1 is 1.35 bits per heavy atom. The maximum Gasteiger partial charge on any atom is 0.280 e. The maximum absolute atomic E-state index is 12.4. The van der Waals surface area contributed by atoms with E-state index in [2.05, 4.69) is 20.3 Å². The Hall–Kier alpha value is -3.28. The number of H-pyrrole nitrogens is 1. The molecule has 1 saturated heterocycles. The number of rotatable bonds is 7. The second-order valence-electron chi connectivity index (χ2n) is 7.05. The second-order valence-corrected chi connectivity index (χ2v) is 7.05. The summed E-state index contributed by atoms with van der Waals surface area (Å²) in [5, 5.41) is 12.9. The molecule has 4 atom stereocenters. The molecule has 1 aliphatic rings. The van der Waals surface area contributed by atoms with Gasteiger partial charge < -0.3 is 19.3 Å². The summed E-state index contributed by atoms with van der Waals surface area (Å²) in [6, 6.07) is 8.87. The Balaban J connectivity index is 1.56. The van der Waals surface area contributed by atoms with Crippen LogP contribution in [0.3, 0.4) is 0 Å². The summed E-state index contributed by atoms with van der Waals surface area (Å²) in [7, 11) is 1.47. The van der Waals surface area contributed by atoms with Gasteiger partial charge in [0.25, 0.3) is 11.5 Å². The lowest BCUT2D eigenvalue weighted by Crippen LogP contribution is -2.33. The first kappa shape index (κ1) is 21.0. The van der Waals surface area contributed by atoms with Crippen LogP contribution in [-0.2, 0) is 14.3 Å². The van der Waals surface area contributed by atoms with Crippen LogP contribution in [0.15, 0.2) is 41.5 Å². The number of para-hydroxylation sites is 1. The van der Waals surface area contributed by atoms with Crippen molar-refractivity contribution in [2.45, 2.75) is 37.9 Å². The molecule has 1 aromatic carbocycles. The summed E-state index contributed by atoms with van der Waals surface area (Å²) in [5.41, 5.74) is -0.256. The van der Waals surface area contributed by atoms with Crippen LogP contribution in [0.2, 0.25) is 0 Å². The summed E-state index contributed by atoms with van der Waals surface area (Å²) in [6.07, 6.45) is -0.674. The van der Waals surface area contributed by atoms with Gasteiger partial charge in [-0.3, -0.25) is 24.5 Å². The number of nitrogens with one attached hydrogen (secondary N) is 2. The number of fused-ring (bicyclic) bond motifs is 1. The third-order valence-corrected chi connectivity index (χ3v) is 5.06. The molecule has 3 N–H and O–H groups in total. The molecule has 2 aromatic heterocycles. The fourth-order valence-corrected chi connectivity index (χ4v) is 3.54. The minimum Gasteiger partial charge on any atom is -0.484 e. The number of methoxy groups -OCH3 is 1. The quantitative estimate of drug-likeness (QED) is 0.501. The topological polar surface area (TPSA) is 141 Å². The smallest absolute Gasteiger partial charge is 0.280 e. The fourth-order valence-electron chi connectivity index (χ4n) is 3.54. The summed E-state index contributed by atoms with van der Waals surface area (Å²) >= 11 is 0. The van der Waals surface area contributed by atoms with Crippen LogP contribution in [0.5, 0.6) is 5.75 Å². The molecule has 31 heavy (non-hydrogen) atoms. The Morgan fingerprint density at radius 2 is 2.13 bits per heavy atom. The van der Waals surface area contributed by atoms with Crippen molar-refractivity contribution in [1.82, 2.24) is 19.5 Å². The highest BCUT2D eigenvalue weighted by molar-refractivity contribution is 5.90. The number of hydrogen-bond acceptors (Lipinski definition) is 8. The van der Waals surface area contributed by atoms with E-state index in [0.29, 0.717) is 12.2 Å². The van der Waals surface area contributed by atoms with Crippen molar-refractivity contribution < 1.29 is 24.1 Å². The van der Waals surface area contributed by atoms with E-state index >= 15 is 0 Å². The molecular weight excluding hydrogens is 406 g/mol. The van der Waals surface area contributed by atoms with Gasteiger partial charge in [-0.2, -0.15) is 4.98 Å². The lowest BCUT2D eigenvalue weighted by atomic mass is 10.1. The minimum atomic E-state index is -0.839. The molecule has 164 valence electrons. The molecule has 0 radical (unpaired) electrons. The van der Waals surface area contributed by atoms with E-state index in [1.54, 1.807) is 24.3 Å². The first-order valence-electron chi connectivity index (χ1n) is 9.82. The number of carbonyl (C=O) groups is 1. The number of imidazole rings is 1. The predicted molar refractivity (Wildman–Crippen MR) is 110 cm³/mol. The molecule has 0 aliphatic carbocycles. The number of nitrogens with zero attached hydrogens (tertiary/aromatic N) is 3. The number of ether oxygens (including phenoxy) is 3. The van der Waals surface area contributed by atoms with Crippen LogP contribution < -0.4 is 15.6 Å². The van der Waals surface area contributed by atoms with Crippen molar-refractivity contribution in [3.63, 3.8) is 0 Å². The average Bonchev–Trinajstić information content (AvgIpc) is 3.33. The van der Waals surface area contributed by atoms with Crippen LogP contribution in [-0.4, -0.2) is 62.6 Å². The molecule has 1 amide bonds. The van der Waals surface area contributed by atoms with Gasteiger partial charge in [0.1, 0.15) is 18.0 Å². The van der Waals surface area contributed by atoms with Gasteiger partial charge in [0.05, 0.1) is 12.4 Å². The normalized spacial score (nSPS) is 23.2. The average molecular weight is 429 g/mol. The third-order valence-electron chi connectivity index (χ3n) is 5.06. The lowest BCUT2D eigenvalue weighted by molar-refractivity contribution is -0.118. The van der Waals surface area contributed by atoms with Gasteiger partial charge in [0.2, 0.25) is 5.95 Å². The Bertz CT molecular complexity index is 1110.